The molecule has 6 N–H and O–H groups in total. The number of methoxy groups -OCH3 is 1. The Morgan fingerprint density at radius 3 is 2.26 bits per heavy atom. The summed E-state index contributed by atoms with van der Waals surface area (Å²) in [5, 5.41) is 24.8. The molecule has 4 heterocycles. The zero-order chi connectivity index (χ0) is 54.7. The molecule has 4 atom stereocenters. The van der Waals surface area contributed by atoms with Crippen molar-refractivity contribution in [3.63, 3.8) is 0 Å². The summed E-state index contributed by atoms with van der Waals surface area (Å²) in [7, 11) is 2.95. The number of aliphatic hydroxyl groups is 1. The lowest BCUT2D eigenvalue weighted by molar-refractivity contribution is -0.144. The van der Waals surface area contributed by atoms with Crippen LogP contribution in [0.15, 0.2) is 84.5 Å². The second-order valence-corrected chi connectivity index (χ2v) is 20.6. The molecule has 76 heavy (non-hydrogen) atoms. The van der Waals surface area contributed by atoms with Gasteiger partial charge in [-0.15, -0.1) is 11.3 Å². The summed E-state index contributed by atoms with van der Waals surface area (Å²) in [6.45, 7) is 13.4. The van der Waals surface area contributed by atoms with E-state index in [0.717, 1.165) is 46.7 Å². The average Bonchev–Trinajstić information content (AvgIpc) is 4.02. The summed E-state index contributed by atoms with van der Waals surface area (Å²) >= 11 is 1.56. The number of β-amino-alcohol motifs (C(OH)–C–C–N with tert-alkyl or cyclic N) is 1. The van der Waals surface area contributed by atoms with Crippen LogP contribution in [0.3, 0.4) is 0 Å². The first-order chi connectivity index (χ1) is 36.2. The van der Waals surface area contributed by atoms with Gasteiger partial charge in [0.15, 0.2) is 0 Å². The molecule has 3 aromatic carbocycles. The number of rotatable bonds is 21. The van der Waals surface area contributed by atoms with Gasteiger partial charge in [0.05, 0.1) is 83.3 Å². The van der Waals surface area contributed by atoms with Crippen LogP contribution >= 0.6 is 11.3 Å². The van der Waals surface area contributed by atoms with Crippen molar-refractivity contribution in [1.82, 2.24) is 35.7 Å². The van der Waals surface area contributed by atoms with Crippen molar-refractivity contribution in [2.75, 3.05) is 95.4 Å². The van der Waals surface area contributed by atoms with E-state index < -0.39 is 53.1 Å². The van der Waals surface area contributed by atoms with Crippen LogP contribution in [-0.2, 0) is 30.0 Å². The predicted molar refractivity (Wildman–Crippen MR) is 285 cm³/mol. The summed E-state index contributed by atoms with van der Waals surface area (Å²) in [5.74, 6) is -1.23. The van der Waals surface area contributed by atoms with Gasteiger partial charge in [-0.05, 0) is 54.7 Å². The Morgan fingerprint density at radius 2 is 1.59 bits per heavy atom. The summed E-state index contributed by atoms with van der Waals surface area (Å²) in [5.41, 5.74) is 4.41. The van der Waals surface area contributed by atoms with E-state index in [1.54, 1.807) is 35.0 Å². The van der Waals surface area contributed by atoms with Crippen LogP contribution < -0.4 is 36.2 Å². The fourth-order valence-electron chi connectivity index (χ4n) is 9.07. The van der Waals surface area contributed by atoms with Crippen molar-refractivity contribution in [3.8, 4) is 16.2 Å². The number of para-hydroxylation sites is 1. The van der Waals surface area contributed by atoms with Gasteiger partial charge in [-0.25, -0.2) is 9.97 Å². The van der Waals surface area contributed by atoms with Crippen molar-refractivity contribution >= 4 is 63.5 Å². The van der Waals surface area contributed by atoms with Crippen LogP contribution in [-0.4, -0.2) is 147 Å². The summed E-state index contributed by atoms with van der Waals surface area (Å²) < 4.78 is 59.4. The van der Waals surface area contributed by atoms with Crippen molar-refractivity contribution in [1.29, 1.82) is 0 Å². The Bertz CT molecular complexity index is 2800. The number of amides is 4. The summed E-state index contributed by atoms with van der Waals surface area (Å²) in [6, 6.07) is 18.6. The van der Waals surface area contributed by atoms with Gasteiger partial charge in [-0.1, -0.05) is 57.2 Å². The van der Waals surface area contributed by atoms with Crippen LogP contribution in [0.5, 0.6) is 5.75 Å². The van der Waals surface area contributed by atoms with E-state index in [2.05, 4.69) is 46.4 Å². The predicted octanol–water partition coefficient (Wildman–Crippen LogP) is 6.91. The molecule has 0 aliphatic carbocycles. The van der Waals surface area contributed by atoms with Gasteiger partial charge < -0.3 is 55.7 Å². The van der Waals surface area contributed by atoms with Crippen molar-refractivity contribution in [3.05, 3.63) is 107 Å². The molecular formula is C54H67F3N10O8S. The quantitative estimate of drug-likeness (QED) is 0.0413. The second-order valence-electron chi connectivity index (χ2n) is 19.7. The average molecular weight is 1070 g/mol. The highest BCUT2D eigenvalue weighted by Gasteiger charge is 2.45. The third-order valence-corrected chi connectivity index (χ3v) is 14.3. The maximum atomic E-state index is 14.1. The highest BCUT2D eigenvalue weighted by molar-refractivity contribution is 7.13. The molecular weight excluding hydrogens is 1010 g/mol. The number of alkyl halides is 3. The molecule has 0 spiro atoms. The number of aryl methyl sites for hydroxylation is 1. The van der Waals surface area contributed by atoms with Gasteiger partial charge >= 0.3 is 6.18 Å². The summed E-state index contributed by atoms with van der Waals surface area (Å²) in [6.07, 6.45) is -4.81. The number of hydrogen-bond donors (Lipinski definition) is 6. The topological polar surface area (TPSA) is 212 Å². The van der Waals surface area contributed by atoms with Gasteiger partial charge in [0, 0.05) is 76.8 Å². The first-order valence-electron chi connectivity index (χ1n) is 25.1. The molecule has 408 valence electrons. The van der Waals surface area contributed by atoms with Crippen molar-refractivity contribution in [2.45, 2.75) is 71.4 Å². The van der Waals surface area contributed by atoms with Crippen LogP contribution in [0, 0.1) is 12.3 Å². The lowest BCUT2D eigenvalue weighted by Crippen LogP contribution is -2.58. The smallest absolute Gasteiger partial charge is 0.419 e. The third kappa shape index (κ3) is 14.5. The minimum Gasteiger partial charge on any atom is -0.494 e. The minimum absolute atomic E-state index is 0.0408. The molecule has 2 aliphatic rings. The van der Waals surface area contributed by atoms with E-state index in [1.807, 2.05) is 71.0 Å². The lowest BCUT2D eigenvalue weighted by Gasteiger charge is -2.36. The fraction of sp³-hybridized carbons (Fsp3) is 0.444. The van der Waals surface area contributed by atoms with E-state index in [-0.39, 0.29) is 67.5 Å². The number of likely N-dealkylation sites (tertiary alicyclic amines) is 1. The zero-order valence-corrected chi connectivity index (χ0v) is 44.6. The number of aromatic nitrogens is 2. The third-order valence-electron chi connectivity index (χ3n) is 13.3. The zero-order valence-electron chi connectivity index (χ0n) is 43.8. The van der Waals surface area contributed by atoms with E-state index >= 15 is 0 Å². The number of benzene rings is 3. The molecule has 0 bridgehead atoms. The van der Waals surface area contributed by atoms with Gasteiger partial charge in [0.25, 0.3) is 5.91 Å². The van der Waals surface area contributed by atoms with Crippen molar-refractivity contribution in [2.24, 2.45) is 5.41 Å². The number of carbonyl (C=O) groups excluding carboxylic acids is 4. The number of nitrogens with one attached hydrogen (secondary N) is 5. The van der Waals surface area contributed by atoms with E-state index in [4.69, 9.17) is 14.2 Å². The van der Waals surface area contributed by atoms with Crippen LogP contribution in [0.4, 0.5) is 41.7 Å². The molecule has 0 saturated carbocycles. The normalized spacial score (nSPS) is 16.9. The van der Waals surface area contributed by atoms with E-state index in [9.17, 15) is 37.5 Å². The first kappa shape index (κ1) is 56.9. The maximum Gasteiger partial charge on any atom is 0.419 e. The number of piperazine rings is 1. The molecule has 4 unspecified atom stereocenters. The number of anilines is 5. The standard InChI is InChI=1S/C54H67F3N10O8S/c1-33(35-12-14-36(15-13-35)48-34(2)60-32-76-48)61-51(71)44-27-38(68)30-67(44)52(72)49(53(3,4)5)64-47(69)31-75-25-24-74-23-22-65-18-20-66(21-19-65)37-16-17-42(45(26-37)73-7)63-46-28-43(40(29-59-46)54(55,56)57)62-41-11-9-8-10-39(41)50(70)58-6/h8-17,26,28-29,32-33,38,44,49,68H,18-25,27,30-31H2,1-7H3,(H,58,70)(H,61,71)(H,64,69)(H2,59,62,63). The Morgan fingerprint density at radius 1 is 0.868 bits per heavy atom. The van der Waals surface area contributed by atoms with E-state index in [1.165, 1.54) is 37.3 Å². The van der Waals surface area contributed by atoms with Crippen LogP contribution in [0.2, 0.25) is 0 Å². The van der Waals surface area contributed by atoms with Crippen LogP contribution in [0.1, 0.15) is 67.3 Å². The molecule has 2 saturated heterocycles. The first-order valence-corrected chi connectivity index (χ1v) is 25.9. The molecule has 2 fully saturated rings. The number of ether oxygens (including phenoxy) is 3. The molecule has 0 radical (unpaired) electrons. The van der Waals surface area contributed by atoms with Gasteiger partial charge in [-0.2, -0.15) is 13.2 Å². The van der Waals surface area contributed by atoms with Gasteiger partial charge in [0.2, 0.25) is 17.7 Å². The molecule has 4 amide bonds. The van der Waals surface area contributed by atoms with Gasteiger partial charge in [-0.3, -0.25) is 24.1 Å². The number of carbonyl (C=O) groups is 4. The highest BCUT2D eigenvalue weighted by atomic mass is 32.1. The Balaban J connectivity index is 0.825. The number of pyridine rings is 1. The molecule has 18 nitrogen and oxygen atoms in total. The Hall–Kier alpha value is -6.85. The van der Waals surface area contributed by atoms with Gasteiger partial charge in [0.1, 0.15) is 30.3 Å². The van der Waals surface area contributed by atoms with E-state index in [0.29, 0.717) is 37.7 Å². The Kier molecular flexibility index (Phi) is 19.0. The summed E-state index contributed by atoms with van der Waals surface area (Å²) in [4.78, 5) is 68.7. The molecule has 2 aliphatic heterocycles. The highest BCUT2D eigenvalue weighted by Crippen LogP contribution is 2.39. The molecule has 22 heteroatoms. The maximum absolute atomic E-state index is 14.1. The molecule has 7 rings (SSSR count). The number of halogens is 3. The Labute approximate surface area is 444 Å². The fourth-order valence-corrected chi connectivity index (χ4v) is 9.88. The number of thiazole rings is 1. The molecule has 5 aromatic rings. The monoisotopic (exact) mass is 1070 g/mol. The number of hydrogen-bond acceptors (Lipinski definition) is 15. The second kappa shape index (κ2) is 25.3. The number of aliphatic hydroxyl groups excluding tert-OH is 1. The lowest BCUT2D eigenvalue weighted by atomic mass is 9.85. The SMILES string of the molecule is CNC(=O)c1ccccc1Nc1cc(Nc2ccc(N3CCN(CCOCCOCC(=O)NC(C(=O)N4CC(O)CC4C(=O)NC(C)c4ccc(-c5scnc5C)cc4)C(C)(C)C)CC3)cc2OC)ncc1C(F)(F)F. The minimum atomic E-state index is -4.72. The largest absolute Gasteiger partial charge is 0.494 e. The van der Waals surface area contributed by atoms with Crippen molar-refractivity contribution < 1.29 is 51.7 Å². The molecule has 2 aromatic heterocycles. The number of nitrogens with zero attached hydrogens (tertiary/aromatic N) is 5. The van der Waals surface area contributed by atoms with Crippen LogP contribution in [0.25, 0.3) is 10.4 Å².